The maximum atomic E-state index is 12.5. The zero-order chi connectivity index (χ0) is 20.9. The van der Waals surface area contributed by atoms with Gasteiger partial charge in [0.15, 0.2) is 11.0 Å². The number of fused-ring (bicyclic) bond motifs is 1. The lowest BCUT2D eigenvalue weighted by Gasteiger charge is -2.24. The van der Waals surface area contributed by atoms with Crippen LogP contribution in [0.5, 0.6) is 0 Å². The summed E-state index contributed by atoms with van der Waals surface area (Å²) in [4.78, 5) is 26.3. The summed E-state index contributed by atoms with van der Waals surface area (Å²) in [6, 6.07) is 11.0. The highest BCUT2D eigenvalue weighted by molar-refractivity contribution is 7.98. The van der Waals surface area contributed by atoms with Crippen LogP contribution in [0.4, 0.5) is 5.82 Å². The average molecular weight is 425 g/mol. The summed E-state index contributed by atoms with van der Waals surface area (Å²) < 4.78 is 11.3. The molecule has 0 amide bonds. The van der Waals surface area contributed by atoms with Gasteiger partial charge in [-0.05, 0) is 44.2 Å². The predicted molar refractivity (Wildman–Crippen MR) is 117 cm³/mol. The van der Waals surface area contributed by atoms with Crippen molar-refractivity contribution in [2.45, 2.75) is 37.1 Å². The van der Waals surface area contributed by atoms with Gasteiger partial charge in [0.05, 0.1) is 23.9 Å². The van der Waals surface area contributed by atoms with Crippen LogP contribution < -0.4 is 5.32 Å². The molecule has 1 N–H and O–H groups in total. The van der Waals surface area contributed by atoms with E-state index in [2.05, 4.69) is 15.3 Å². The Bertz CT molecular complexity index is 1030. The number of nitrogens with one attached hydrogen (secondary N) is 1. The van der Waals surface area contributed by atoms with Gasteiger partial charge in [-0.3, -0.25) is 0 Å². The summed E-state index contributed by atoms with van der Waals surface area (Å²) in [6.07, 6.45) is 5.22. The number of nitrogens with zero attached hydrogens (tertiary/aromatic N) is 3. The molecule has 2 atom stereocenters. The van der Waals surface area contributed by atoms with Crippen molar-refractivity contribution in [3.63, 3.8) is 0 Å². The largest absolute Gasteiger partial charge is 0.453 e. The summed E-state index contributed by atoms with van der Waals surface area (Å²) in [5.41, 5.74) is 1.91. The molecule has 1 saturated heterocycles. The maximum absolute atomic E-state index is 12.5. The van der Waals surface area contributed by atoms with E-state index in [0.717, 1.165) is 30.4 Å². The minimum atomic E-state index is -0.523. The molecule has 2 unspecified atom stereocenters. The van der Waals surface area contributed by atoms with Gasteiger partial charge in [-0.2, -0.15) is 0 Å². The van der Waals surface area contributed by atoms with Crippen LogP contribution in [0.25, 0.3) is 10.9 Å². The molecule has 4 rings (SSSR count). The van der Waals surface area contributed by atoms with Crippen molar-refractivity contribution in [1.82, 2.24) is 15.0 Å². The van der Waals surface area contributed by atoms with Crippen molar-refractivity contribution < 1.29 is 14.3 Å². The molecule has 0 radical (unpaired) electrons. The third-order valence-electron chi connectivity index (χ3n) is 4.96. The molecular weight excluding hydrogens is 400 g/mol. The summed E-state index contributed by atoms with van der Waals surface area (Å²) in [6.45, 7) is 3.24. The molecule has 7 nitrogen and oxygen atoms in total. The summed E-state index contributed by atoms with van der Waals surface area (Å²) >= 11 is 1.48. The number of ether oxygens (including phenoxy) is 2. The molecule has 3 aromatic rings. The number of esters is 1. The van der Waals surface area contributed by atoms with Crippen LogP contribution in [0, 0.1) is 0 Å². The Kier molecular flexibility index (Phi) is 6.44. The van der Waals surface area contributed by atoms with E-state index in [1.54, 1.807) is 18.3 Å². The number of benzene rings is 1. The Morgan fingerprint density at radius 1 is 1.30 bits per heavy atom. The molecule has 30 heavy (non-hydrogen) atoms. The number of pyridine rings is 1. The maximum Gasteiger partial charge on any atom is 0.338 e. The Hall–Kier alpha value is -2.71. The fraction of sp³-hybridized carbons (Fsp3) is 0.364. The van der Waals surface area contributed by atoms with Crippen LogP contribution in [-0.2, 0) is 9.47 Å². The van der Waals surface area contributed by atoms with E-state index in [1.165, 1.54) is 11.8 Å². The van der Waals surface area contributed by atoms with E-state index >= 15 is 0 Å². The van der Waals surface area contributed by atoms with Crippen molar-refractivity contribution in [3.05, 3.63) is 53.9 Å². The van der Waals surface area contributed by atoms with Gasteiger partial charge in [-0.15, -0.1) is 0 Å². The Morgan fingerprint density at radius 3 is 2.87 bits per heavy atom. The molecular formula is C22H24N4O3S. The molecule has 0 aliphatic carbocycles. The Balaban J connectivity index is 1.64. The number of anilines is 1. The lowest BCUT2D eigenvalue weighted by atomic mass is 10.1. The first-order valence-corrected chi connectivity index (χ1v) is 11.2. The zero-order valence-electron chi connectivity index (χ0n) is 17.0. The van der Waals surface area contributed by atoms with Gasteiger partial charge in [0.1, 0.15) is 11.6 Å². The van der Waals surface area contributed by atoms with E-state index in [4.69, 9.17) is 14.5 Å². The van der Waals surface area contributed by atoms with Gasteiger partial charge < -0.3 is 14.8 Å². The quantitative estimate of drug-likeness (QED) is 0.357. The van der Waals surface area contributed by atoms with Gasteiger partial charge in [0, 0.05) is 18.2 Å². The first-order valence-electron chi connectivity index (χ1n) is 9.96. The molecule has 156 valence electrons. The number of thioether (sulfide) groups is 1. The topological polar surface area (TPSA) is 86.2 Å². The molecule has 0 bridgehead atoms. The fourth-order valence-corrected chi connectivity index (χ4v) is 3.70. The van der Waals surface area contributed by atoms with Crippen molar-refractivity contribution in [2.75, 3.05) is 24.8 Å². The van der Waals surface area contributed by atoms with Crippen LogP contribution in [0.15, 0.2) is 47.8 Å². The second-order valence-electron chi connectivity index (χ2n) is 7.16. The molecule has 1 aliphatic heterocycles. The van der Waals surface area contributed by atoms with Crippen molar-refractivity contribution in [2.24, 2.45) is 0 Å². The number of aromatic nitrogens is 3. The number of rotatable bonds is 6. The summed E-state index contributed by atoms with van der Waals surface area (Å²) in [5.74, 6) is 0.285. The van der Waals surface area contributed by atoms with Crippen LogP contribution in [0.3, 0.4) is 0 Å². The van der Waals surface area contributed by atoms with E-state index in [9.17, 15) is 4.79 Å². The zero-order valence-corrected chi connectivity index (χ0v) is 17.8. The minimum absolute atomic E-state index is 0.166. The van der Waals surface area contributed by atoms with Gasteiger partial charge in [0.2, 0.25) is 0 Å². The van der Waals surface area contributed by atoms with Crippen LogP contribution >= 0.6 is 11.8 Å². The Morgan fingerprint density at radius 2 is 2.13 bits per heavy atom. The highest BCUT2D eigenvalue weighted by atomic mass is 32.2. The lowest BCUT2D eigenvalue weighted by Crippen LogP contribution is -2.30. The monoisotopic (exact) mass is 424 g/mol. The number of hydrogen-bond donors (Lipinski definition) is 1. The van der Waals surface area contributed by atoms with E-state index in [-0.39, 0.29) is 12.0 Å². The second-order valence-corrected chi connectivity index (χ2v) is 7.94. The predicted octanol–water partition coefficient (Wildman–Crippen LogP) is 4.26. The third-order valence-corrected chi connectivity index (χ3v) is 5.52. The molecule has 3 heterocycles. The first-order chi connectivity index (χ1) is 14.6. The lowest BCUT2D eigenvalue weighted by molar-refractivity contribution is 0.0330. The van der Waals surface area contributed by atoms with Crippen molar-refractivity contribution in [1.29, 1.82) is 0 Å². The summed E-state index contributed by atoms with van der Waals surface area (Å²) in [7, 11) is 0. The molecule has 2 aromatic heterocycles. The third kappa shape index (κ3) is 4.71. The molecule has 8 heteroatoms. The van der Waals surface area contributed by atoms with Gasteiger partial charge >= 0.3 is 5.97 Å². The summed E-state index contributed by atoms with van der Waals surface area (Å²) in [5, 5.41) is 5.01. The van der Waals surface area contributed by atoms with Crippen LogP contribution in [0.1, 0.15) is 41.9 Å². The molecule has 0 saturated carbocycles. The van der Waals surface area contributed by atoms with E-state index < -0.39 is 6.10 Å². The number of carbonyl (C=O) groups excluding carboxylic acids is 1. The van der Waals surface area contributed by atoms with Crippen LogP contribution in [0.2, 0.25) is 0 Å². The van der Waals surface area contributed by atoms with Gasteiger partial charge in [-0.25, -0.2) is 19.7 Å². The first kappa shape index (κ1) is 20.6. The van der Waals surface area contributed by atoms with E-state index in [1.807, 2.05) is 37.4 Å². The smallest absolute Gasteiger partial charge is 0.338 e. The molecule has 0 spiro atoms. The number of hydrogen-bond acceptors (Lipinski definition) is 8. The molecule has 1 aromatic carbocycles. The number of carbonyl (C=O) groups is 1. The van der Waals surface area contributed by atoms with Crippen molar-refractivity contribution >= 4 is 34.5 Å². The van der Waals surface area contributed by atoms with Gasteiger partial charge in [-0.1, -0.05) is 30.0 Å². The van der Waals surface area contributed by atoms with Gasteiger partial charge in [0.25, 0.3) is 0 Å². The van der Waals surface area contributed by atoms with E-state index in [0.29, 0.717) is 28.8 Å². The molecule has 1 fully saturated rings. The fourth-order valence-electron chi connectivity index (χ4n) is 3.36. The van der Waals surface area contributed by atoms with Crippen LogP contribution in [-0.4, -0.2) is 46.4 Å². The minimum Gasteiger partial charge on any atom is -0.453 e. The van der Waals surface area contributed by atoms with Crippen molar-refractivity contribution in [3.8, 4) is 0 Å². The molecule has 1 aliphatic rings. The normalized spacial score (nSPS) is 17.5. The highest BCUT2D eigenvalue weighted by Gasteiger charge is 2.20. The standard InChI is InChI=1S/C22H24N4O3S/c1-14(29-21(27)15-7-4-3-5-8-15)18-11-16-12-23-22(30-2)26-19(16)20(25-18)24-17-9-6-10-28-13-17/h3-5,7-8,11-12,14,17H,6,9-10,13H2,1-2H3,(H,24,25). The average Bonchev–Trinajstić information content (AvgIpc) is 2.80. The SMILES string of the molecule is CSc1ncc2cc(C(C)OC(=O)c3ccccc3)nc(NC3CCCOC3)c2n1. The second kappa shape index (κ2) is 9.40. The highest BCUT2D eigenvalue weighted by Crippen LogP contribution is 2.28. The Labute approximate surface area is 179 Å².